The second-order valence-electron chi connectivity index (χ2n) is 4.32. The van der Waals surface area contributed by atoms with Gasteiger partial charge in [-0.3, -0.25) is 10.1 Å². The smallest absolute Gasteiger partial charge is 0.307 e. The lowest BCUT2D eigenvalue weighted by Gasteiger charge is -2.09. The van der Waals surface area contributed by atoms with Gasteiger partial charge in [0, 0.05) is 11.9 Å². The number of hydrogen-bond donors (Lipinski definition) is 0. The van der Waals surface area contributed by atoms with Crippen molar-refractivity contribution in [3.8, 4) is 11.5 Å². The number of halogens is 3. The molecule has 0 aliphatic rings. The molecule has 0 fully saturated rings. The number of aryl methyl sites for hydroxylation is 1. The van der Waals surface area contributed by atoms with Gasteiger partial charge in [-0.25, -0.2) is 4.39 Å². The van der Waals surface area contributed by atoms with E-state index in [4.69, 9.17) is 16.3 Å². The van der Waals surface area contributed by atoms with Gasteiger partial charge in [-0.2, -0.15) is 4.39 Å². The Balaban J connectivity index is 2.34. The molecule has 2 aromatic rings. The van der Waals surface area contributed by atoms with Gasteiger partial charge in [0.05, 0.1) is 11.0 Å². The molecule has 0 aromatic heterocycles. The Morgan fingerprint density at radius 2 is 1.95 bits per heavy atom. The predicted octanol–water partition coefficient (Wildman–Crippen LogP) is 4.71. The third-order valence-corrected chi connectivity index (χ3v) is 3.17. The monoisotopic (exact) mass is 313 g/mol. The SMILES string of the molecule is Cc1cc(Oc2cc(F)c([N+](=O)[O-])cc2F)ccc1CCl. The van der Waals surface area contributed by atoms with E-state index in [0.717, 1.165) is 11.1 Å². The van der Waals surface area contributed by atoms with Crippen LogP contribution >= 0.6 is 11.6 Å². The van der Waals surface area contributed by atoms with Crippen LogP contribution in [0.1, 0.15) is 11.1 Å². The number of ether oxygens (including phenoxy) is 1. The average molecular weight is 314 g/mol. The Morgan fingerprint density at radius 1 is 1.24 bits per heavy atom. The summed E-state index contributed by atoms with van der Waals surface area (Å²) < 4.78 is 32.4. The topological polar surface area (TPSA) is 52.4 Å². The predicted molar refractivity (Wildman–Crippen MR) is 73.8 cm³/mol. The third kappa shape index (κ3) is 3.28. The number of nitro groups is 1. The highest BCUT2D eigenvalue weighted by molar-refractivity contribution is 6.17. The number of hydrogen-bond acceptors (Lipinski definition) is 3. The molecule has 0 spiro atoms. The maximum atomic E-state index is 13.7. The zero-order chi connectivity index (χ0) is 15.6. The number of rotatable bonds is 4. The average Bonchev–Trinajstić information content (AvgIpc) is 2.42. The Kier molecular flexibility index (Phi) is 4.37. The van der Waals surface area contributed by atoms with Gasteiger partial charge in [-0.05, 0) is 30.2 Å². The summed E-state index contributed by atoms with van der Waals surface area (Å²) in [5, 5.41) is 10.5. The first kappa shape index (κ1) is 15.2. The minimum atomic E-state index is -1.16. The number of alkyl halides is 1. The lowest BCUT2D eigenvalue weighted by molar-refractivity contribution is -0.387. The van der Waals surface area contributed by atoms with Gasteiger partial charge >= 0.3 is 5.69 Å². The summed E-state index contributed by atoms with van der Waals surface area (Å²) in [5.74, 6) is -1.98. The molecule has 0 aliphatic carbocycles. The largest absolute Gasteiger partial charge is 0.454 e. The fraction of sp³-hybridized carbons (Fsp3) is 0.143. The highest BCUT2D eigenvalue weighted by Gasteiger charge is 2.19. The summed E-state index contributed by atoms with van der Waals surface area (Å²) in [6.07, 6.45) is 0. The highest BCUT2D eigenvalue weighted by atomic mass is 35.5. The summed E-state index contributed by atoms with van der Waals surface area (Å²) in [6, 6.07) is 6.03. The van der Waals surface area contributed by atoms with Crippen molar-refractivity contribution in [2.45, 2.75) is 12.8 Å². The van der Waals surface area contributed by atoms with Crippen LogP contribution in [0.2, 0.25) is 0 Å². The van der Waals surface area contributed by atoms with E-state index in [2.05, 4.69) is 0 Å². The molecule has 0 unspecified atom stereocenters. The van der Waals surface area contributed by atoms with Crippen molar-refractivity contribution < 1.29 is 18.4 Å². The lowest BCUT2D eigenvalue weighted by atomic mass is 10.1. The van der Waals surface area contributed by atoms with Gasteiger partial charge in [0.2, 0.25) is 5.82 Å². The number of nitro benzene ring substituents is 1. The molecule has 0 saturated heterocycles. The molecular weight excluding hydrogens is 304 g/mol. The second kappa shape index (κ2) is 6.05. The fourth-order valence-corrected chi connectivity index (χ4v) is 2.04. The molecule has 0 saturated carbocycles. The fourth-order valence-electron chi connectivity index (χ4n) is 1.74. The molecule has 2 aromatic carbocycles. The molecule has 2 rings (SSSR count). The molecule has 4 nitrogen and oxygen atoms in total. The minimum Gasteiger partial charge on any atom is -0.454 e. The molecule has 110 valence electrons. The van der Waals surface area contributed by atoms with Crippen molar-refractivity contribution in [1.29, 1.82) is 0 Å². The summed E-state index contributed by atoms with van der Waals surface area (Å²) in [6.45, 7) is 1.80. The van der Waals surface area contributed by atoms with E-state index in [1.165, 1.54) is 0 Å². The first-order chi connectivity index (χ1) is 9.92. The summed E-state index contributed by atoms with van der Waals surface area (Å²) in [5.41, 5.74) is 0.790. The van der Waals surface area contributed by atoms with E-state index in [1.807, 2.05) is 0 Å². The van der Waals surface area contributed by atoms with Crippen LogP contribution in [0.3, 0.4) is 0 Å². The van der Waals surface area contributed by atoms with Gasteiger partial charge < -0.3 is 4.74 Å². The summed E-state index contributed by atoms with van der Waals surface area (Å²) in [4.78, 5) is 9.51. The van der Waals surface area contributed by atoms with E-state index in [9.17, 15) is 18.9 Å². The van der Waals surface area contributed by atoms with Gasteiger partial charge in [-0.1, -0.05) is 6.07 Å². The maximum absolute atomic E-state index is 13.7. The summed E-state index contributed by atoms with van der Waals surface area (Å²) in [7, 11) is 0. The minimum absolute atomic E-state index is 0.286. The van der Waals surface area contributed by atoms with Gasteiger partial charge in [0.15, 0.2) is 11.6 Å². The van der Waals surface area contributed by atoms with Crippen LogP contribution in [0.4, 0.5) is 14.5 Å². The van der Waals surface area contributed by atoms with Crippen LogP contribution in [-0.4, -0.2) is 4.92 Å². The van der Waals surface area contributed by atoms with Gasteiger partial charge in [-0.15, -0.1) is 11.6 Å². The zero-order valence-corrected chi connectivity index (χ0v) is 11.7. The first-order valence-electron chi connectivity index (χ1n) is 5.89. The molecule has 21 heavy (non-hydrogen) atoms. The van der Waals surface area contributed by atoms with Gasteiger partial charge in [0.1, 0.15) is 5.75 Å². The Labute approximate surface area is 124 Å². The molecule has 0 radical (unpaired) electrons. The Bertz CT molecular complexity index is 707. The number of nitrogens with zero attached hydrogens (tertiary/aromatic N) is 1. The van der Waals surface area contributed by atoms with Crippen molar-refractivity contribution in [3.05, 3.63) is 63.2 Å². The Morgan fingerprint density at radius 3 is 2.52 bits per heavy atom. The van der Waals surface area contributed by atoms with Crippen LogP contribution in [0.15, 0.2) is 30.3 Å². The highest BCUT2D eigenvalue weighted by Crippen LogP contribution is 2.31. The van der Waals surface area contributed by atoms with Crippen LogP contribution in [0, 0.1) is 28.7 Å². The van der Waals surface area contributed by atoms with Crippen LogP contribution in [0.5, 0.6) is 11.5 Å². The van der Waals surface area contributed by atoms with Crippen molar-refractivity contribution in [2.75, 3.05) is 0 Å². The van der Waals surface area contributed by atoms with E-state index in [-0.39, 0.29) is 5.75 Å². The standard InChI is InChI=1S/C14H10ClF2NO3/c1-8-4-10(3-2-9(8)7-15)21-14-6-11(16)13(18(19)20)5-12(14)17/h2-6H,7H2,1H3. The molecule has 0 N–H and O–H groups in total. The molecule has 0 amide bonds. The molecule has 7 heteroatoms. The van der Waals surface area contributed by atoms with Crippen LogP contribution in [-0.2, 0) is 5.88 Å². The van der Waals surface area contributed by atoms with Crippen LogP contribution < -0.4 is 4.74 Å². The van der Waals surface area contributed by atoms with Crippen molar-refractivity contribution in [3.63, 3.8) is 0 Å². The normalized spacial score (nSPS) is 10.5. The number of benzene rings is 2. The molecule has 0 aliphatic heterocycles. The van der Waals surface area contributed by atoms with Gasteiger partial charge in [0.25, 0.3) is 0 Å². The zero-order valence-electron chi connectivity index (χ0n) is 10.9. The van der Waals surface area contributed by atoms with E-state index < -0.39 is 28.0 Å². The van der Waals surface area contributed by atoms with E-state index in [1.54, 1.807) is 25.1 Å². The van der Waals surface area contributed by atoms with Crippen LogP contribution in [0.25, 0.3) is 0 Å². The summed E-state index contributed by atoms with van der Waals surface area (Å²) >= 11 is 5.72. The maximum Gasteiger partial charge on any atom is 0.307 e. The van der Waals surface area contributed by atoms with Crippen molar-refractivity contribution in [2.24, 2.45) is 0 Å². The van der Waals surface area contributed by atoms with Crippen molar-refractivity contribution >= 4 is 17.3 Å². The Hall–Kier alpha value is -2.21. The molecule has 0 bridgehead atoms. The van der Waals surface area contributed by atoms with E-state index >= 15 is 0 Å². The molecular formula is C14H10ClF2NO3. The van der Waals surface area contributed by atoms with E-state index in [0.29, 0.717) is 18.0 Å². The quantitative estimate of drug-likeness (QED) is 0.466. The molecule has 0 heterocycles. The third-order valence-electron chi connectivity index (χ3n) is 2.88. The molecule has 0 atom stereocenters. The first-order valence-corrected chi connectivity index (χ1v) is 6.42. The lowest BCUT2D eigenvalue weighted by Crippen LogP contribution is -1.97. The second-order valence-corrected chi connectivity index (χ2v) is 4.58. The van der Waals surface area contributed by atoms with Crippen molar-refractivity contribution in [1.82, 2.24) is 0 Å².